The smallest absolute Gasteiger partial charge is 0.319 e. The van der Waals surface area contributed by atoms with Gasteiger partial charge < -0.3 is 16.4 Å². The number of hydrogen-bond donors (Lipinski definition) is 3. The van der Waals surface area contributed by atoms with Crippen LogP contribution in [0.15, 0.2) is 30.3 Å². The molecule has 1 aromatic carbocycles. The van der Waals surface area contributed by atoms with Gasteiger partial charge in [0.1, 0.15) is 18.1 Å². The molecule has 0 saturated carbocycles. The zero-order valence-electron chi connectivity index (χ0n) is 16.4. The third-order valence-corrected chi connectivity index (χ3v) is 4.77. The maximum Gasteiger partial charge on any atom is 0.319 e. The van der Waals surface area contributed by atoms with Crippen molar-refractivity contribution in [2.75, 3.05) is 0 Å². The van der Waals surface area contributed by atoms with Gasteiger partial charge in [0.25, 0.3) is 0 Å². The van der Waals surface area contributed by atoms with Crippen molar-refractivity contribution in [2.24, 2.45) is 11.7 Å². The van der Waals surface area contributed by atoms with Crippen LogP contribution in [0.3, 0.4) is 0 Å². The van der Waals surface area contributed by atoms with E-state index in [4.69, 9.17) is 5.73 Å². The van der Waals surface area contributed by atoms with Crippen LogP contribution in [0.2, 0.25) is 0 Å². The minimum atomic E-state index is -0.868. The van der Waals surface area contributed by atoms with Gasteiger partial charge in [-0.05, 0) is 31.2 Å². The molecule has 8 heteroatoms. The highest BCUT2D eigenvalue weighted by Gasteiger charge is 2.45. The van der Waals surface area contributed by atoms with Crippen molar-refractivity contribution in [2.45, 2.75) is 57.8 Å². The highest BCUT2D eigenvalue weighted by molar-refractivity contribution is 5.92. The van der Waals surface area contributed by atoms with Crippen molar-refractivity contribution in [3.8, 4) is 6.07 Å². The molecule has 1 aromatic rings. The maximum atomic E-state index is 12.8. The van der Waals surface area contributed by atoms with Crippen LogP contribution >= 0.6 is 0 Å². The maximum absolute atomic E-state index is 12.8. The number of benzene rings is 1. The third-order valence-electron chi connectivity index (χ3n) is 4.77. The third kappa shape index (κ3) is 5.00. The number of nitriles is 1. The Hall–Kier alpha value is -3.08. The lowest BCUT2D eigenvalue weighted by Crippen LogP contribution is -2.55. The Morgan fingerprint density at radius 3 is 2.46 bits per heavy atom. The highest BCUT2D eigenvalue weighted by Crippen LogP contribution is 2.24. The predicted molar refractivity (Wildman–Crippen MR) is 104 cm³/mol. The summed E-state index contributed by atoms with van der Waals surface area (Å²) in [6.45, 7) is 5.33. The van der Waals surface area contributed by atoms with E-state index in [9.17, 15) is 19.6 Å². The Morgan fingerprint density at radius 2 is 1.93 bits per heavy atom. The molecular formula is C20H27N5O3. The van der Waals surface area contributed by atoms with Crippen molar-refractivity contribution in [1.82, 2.24) is 15.5 Å². The Labute approximate surface area is 165 Å². The number of nitrogens with two attached hydrogens (primary N) is 1. The number of primary amides is 1. The van der Waals surface area contributed by atoms with Crippen LogP contribution in [0.4, 0.5) is 4.79 Å². The molecule has 1 fully saturated rings. The van der Waals surface area contributed by atoms with Crippen molar-refractivity contribution in [1.29, 1.82) is 5.26 Å². The summed E-state index contributed by atoms with van der Waals surface area (Å²) in [5.41, 5.74) is 6.22. The minimum Gasteiger partial charge on any atom is -0.368 e. The zero-order chi connectivity index (χ0) is 20.8. The fraction of sp³-hybridized carbons (Fsp3) is 0.500. The van der Waals surface area contributed by atoms with Gasteiger partial charge in [-0.3, -0.25) is 14.5 Å². The van der Waals surface area contributed by atoms with E-state index in [2.05, 4.69) is 16.7 Å². The second kappa shape index (κ2) is 9.22. The van der Waals surface area contributed by atoms with Gasteiger partial charge in [-0.1, -0.05) is 44.2 Å². The van der Waals surface area contributed by atoms with Gasteiger partial charge in [-0.2, -0.15) is 5.26 Å². The molecule has 0 bridgehead atoms. The molecule has 0 spiro atoms. The molecule has 4 N–H and O–H groups in total. The zero-order valence-corrected chi connectivity index (χ0v) is 16.4. The van der Waals surface area contributed by atoms with E-state index in [1.54, 1.807) is 0 Å². The number of amides is 4. The molecule has 8 nitrogen and oxygen atoms in total. The van der Waals surface area contributed by atoms with E-state index in [-0.39, 0.29) is 5.92 Å². The summed E-state index contributed by atoms with van der Waals surface area (Å²) < 4.78 is 0. The standard InChI is InChI=1S/C20H27N5O3/c1-12(2)9-16(19(27)23-13(3)18(22)26)25-17(11-21)15(24-20(25)28)10-14-7-5-4-6-8-14/h4-8,12-13,15-17H,9-10H2,1-3H3,(H2,22,26)(H,23,27)(H,24,28)/t13-,15-,16-,17+/m0/s1. The molecule has 4 amide bonds. The number of hydrogen-bond acceptors (Lipinski definition) is 4. The van der Waals surface area contributed by atoms with E-state index in [0.717, 1.165) is 5.56 Å². The molecule has 1 aliphatic heterocycles. The first-order valence-electron chi connectivity index (χ1n) is 9.36. The van der Waals surface area contributed by atoms with Crippen LogP contribution in [0, 0.1) is 17.2 Å². The molecule has 1 heterocycles. The lowest BCUT2D eigenvalue weighted by atomic mass is 9.97. The molecule has 1 aliphatic rings. The molecule has 0 aromatic heterocycles. The van der Waals surface area contributed by atoms with E-state index >= 15 is 0 Å². The number of carbonyl (C=O) groups excluding carboxylic acids is 3. The van der Waals surface area contributed by atoms with Crippen LogP contribution in [-0.2, 0) is 16.0 Å². The molecular weight excluding hydrogens is 358 g/mol. The Morgan fingerprint density at radius 1 is 1.29 bits per heavy atom. The van der Waals surface area contributed by atoms with E-state index in [1.807, 2.05) is 44.2 Å². The summed E-state index contributed by atoms with van der Waals surface area (Å²) >= 11 is 0. The first-order valence-corrected chi connectivity index (χ1v) is 9.36. The number of nitrogens with one attached hydrogen (secondary N) is 2. The molecule has 4 atom stereocenters. The molecule has 1 saturated heterocycles. The Bertz CT molecular complexity index is 759. The SMILES string of the molecule is CC(C)C[C@@H](C(=O)N[C@@H](C)C(N)=O)N1C(=O)N[C@@H](Cc2ccccc2)[C@H]1C#N. The van der Waals surface area contributed by atoms with Crippen molar-refractivity contribution >= 4 is 17.8 Å². The first-order chi connectivity index (χ1) is 13.2. The second-order valence-electron chi connectivity index (χ2n) is 7.50. The average molecular weight is 385 g/mol. The van der Waals surface area contributed by atoms with Gasteiger partial charge in [0, 0.05) is 0 Å². The topological polar surface area (TPSA) is 128 Å². The van der Waals surface area contributed by atoms with Crippen molar-refractivity contribution in [3.05, 3.63) is 35.9 Å². The predicted octanol–water partition coefficient (Wildman–Crippen LogP) is 0.920. The Balaban J connectivity index is 2.25. The van der Waals surface area contributed by atoms with Crippen LogP contribution in [0.5, 0.6) is 0 Å². The molecule has 28 heavy (non-hydrogen) atoms. The molecule has 0 radical (unpaired) electrons. The summed E-state index contributed by atoms with van der Waals surface area (Å²) in [5.74, 6) is -1.06. The van der Waals surface area contributed by atoms with Gasteiger partial charge in [0.2, 0.25) is 11.8 Å². The normalized spacial score (nSPS) is 21.0. The van der Waals surface area contributed by atoms with Gasteiger partial charge in [0.15, 0.2) is 0 Å². The Kier molecular flexibility index (Phi) is 6.99. The fourth-order valence-electron chi connectivity index (χ4n) is 3.32. The molecule has 0 unspecified atom stereocenters. The van der Waals surface area contributed by atoms with E-state index < -0.39 is 42.0 Å². The largest absolute Gasteiger partial charge is 0.368 e. The summed E-state index contributed by atoms with van der Waals surface area (Å²) in [6, 6.07) is 8.28. The molecule has 150 valence electrons. The summed E-state index contributed by atoms with van der Waals surface area (Å²) in [6.07, 6.45) is 0.843. The van der Waals surface area contributed by atoms with Gasteiger partial charge in [-0.25, -0.2) is 4.79 Å². The highest BCUT2D eigenvalue weighted by atomic mass is 16.2. The summed E-state index contributed by atoms with van der Waals surface area (Å²) in [4.78, 5) is 38.1. The molecule has 2 rings (SSSR count). The quantitative estimate of drug-likeness (QED) is 0.614. The van der Waals surface area contributed by atoms with Crippen LogP contribution in [-0.4, -0.2) is 46.9 Å². The molecule has 0 aliphatic carbocycles. The number of urea groups is 1. The van der Waals surface area contributed by atoms with E-state index in [1.165, 1.54) is 11.8 Å². The summed E-state index contributed by atoms with van der Waals surface area (Å²) in [5, 5.41) is 15.1. The number of carbonyl (C=O) groups is 3. The van der Waals surface area contributed by atoms with E-state index in [0.29, 0.717) is 12.8 Å². The second-order valence-corrected chi connectivity index (χ2v) is 7.50. The minimum absolute atomic E-state index is 0.0972. The average Bonchev–Trinajstić information content (AvgIpc) is 2.94. The van der Waals surface area contributed by atoms with Crippen molar-refractivity contribution in [3.63, 3.8) is 0 Å². The first kappa shape index (κ1) is 21.2. The lowest BCUT2D eigenvalue weighted by molar-refractivity contribution is -0.130. The van der Waals surface area contributed by atoms with Crippen molar-refractivity contribution < 1.29 is 14.4 Å². The van der Waals surface area contributed by atoms with Gasteiger partial charge >= 0.3 is 6.03 Å². The van der Waals surface area contributed by atoms with Crippen LogP contribution in [0.1, 0.15) is 32.8 Å². The fourth-order valence-corrected chi connectivity index (χ4v) is 3.32. The van der Waals surface area contributed by atoms with Crippen LogP contribution < -0.4 is 16.4 Å². The lowest BCUT2D eigenvalue weighted by Gasteiger charge is -2.31. The van der Waals surface area contributed by atoms with Crippen LogP contribution in [0.25, 0.3) is 0 Å². The number of rotatable bonds is 8. The monoisotopic (exact) mass is 385 g/mol. The van der Waals surface area contributed by atoms with Gasteiger partial charge in [0.05, 0.1) is 12.1 Å². The summed E-state index contributed by atoms with van der Waals surface area (Å²) in [7, 11) is 0. The van der Waals surface area contributed by atoms with Gasteiger partial charge in [-0.15, -0.1) is 0 Å². The number of nitrogens with zero attached hydrogens (tertiary/aromatic N) is 2.